The van der Waals surface area contributed by atoms with Crippen LogP contribution in [0.25, 0.3) is 0 Å². The van der Waals surface area contributed by atoms with Crippen molar-refractivity contribution in [3.8, 4) is 0 Å². The molecular weight excluding hydrogens is 256 g/mol. The summed E-state index contributed by atoms with van der Waals surface area (Å²) in [6.45, 7) is 3.12. The van der Waals surface area contributed by atoms with Gasteiger partial charge in [-0.25, -0.2) is 9.78 Å². The van der Waals surface area contributed by atoms with Crippen molar-refractivity contribution in [3.63, 3.8) is 0 Å². The van der Waals surface area contributed by atoms with E-state index >= 15 is 0 Å². The molecule has 1 aliphatic rings. The molecule has 1 aromatic heterocycles. The normalized spacial score (nSPS) is 24.1. The quantitative estimate of drug-likeness (QED) is 0.809. The van der Waals surface area contributed by atoms with Crippen molar-refractivity contribution in [1.29, 1.82) is 0 Å². The van der Waals surface area contributed by atoms with Crippen molar-refractivity contribution in [3.05, 3.63) is 11.1 Å². The maximum absolute atomic E-state index is 11.4. The van der Waals surface area contributed by atoms with Gasteiger partial charge in [0, 0.05) is 6.54 Å². The van der Waals surface area contributed by atoms with Gasteiger partial charge in [-0.1, -0.05) is 11.3 Å². The first-order valence-electron chi connectivity index (χ1n) is 5.69. The number of ether oxygens (including phenoxy) is 2. The minimum absolute atomic E-state index is 0.0154. The van der Waals surface area contributed by atoms with E-state index in [1.54, 1.807) is 0 Å². The highest BCUT2D eigenvalue weighted by molar-refractivity contribution is 7.17. The Balaban J connectivity index is 2.14. The van der Waals surface area contributed by atoms with Crippen LogP contribution in [-0.2, 0) is 9.47 Å². The van der Waals surface area contributed by atoms with Gasteiger partial charge in [-0.05, 0) is 6.92 Å². The van der Waals surface area contributed by atoms with E-state index in [0.29, 0.717) is 18.0 Å². The average Bonchev–Trinajstić information content (AvgIpc) is 2.88. The van der Waals surface area contributed by atoms with Gasteiger partial charge in [0.05, 0.1) is 38.7 Å². The molecule has 2 rings (SSSR count). The minimum atomic E-state index is -0.377. The molecule has 1 saturated heterocycles. The molecule has 1 fully saturated rings. The lowest BCUT2D eigenvalue weighted by atomic mass is 10.2. The molecule has 2 unspecified atom stereocenters. The summed E-state index contributed by atoms with van der Waals surface area (Å²) in [5.74, 6) is -0.377. The maximum Gasteiger partial charge on any atom is 0.349 e. The predicted molar refractivity (Wildman–Crippen MR) is 67.1 cm³/mol. The Morgan fingerprint density at radius 1 is 1.78 bits per heavy atom. The largest absolute Gasteiger partial charge is 0.465 e. The van der Waals surface area contributed by atoms with E-state index in [-0.39, 0.29) is 24.7 Å². The smallest absolute Gasteiger partial charge is 0.349 e. The monoisotopic (exact) mass is 272 g/mol. The second-order valence-corrected chi connectivity index (χ2v) is 5.15. The molecule has 100 valence electrons. The molecule has 0 amide bonds. The summed E-state index contributed by atoms with van der Waals surface area (Å²) in [5.41, 5.74) is 0. The Bertz CT molecular complexity index is 423. The minimum Gasteiger partial charge on any atom is -0.465 e. The van der Waals surface area contributed by atoms with Gasteiger partial charge in [0.15, 0.2) is 5.13 Å². The third-order valence-corrected chi connectivity index (χ3v) is 3.85. The molecule has 1 aromatic rings. The molecule has 0 saturated carbocycles. The van der Waals surface area contributed by atoms with E-state index in [4.69, 9.17) is 9.84 Å². The average molecular weight is 272 g/mol. The van der Waals surface area contributed by atoms with Gasteiger partial charge in [-0.3, -0.25) is 0 Å². The number of morpholine rings is 1. The van der Waals surface area contributed by atoms with Gasteiger partial charge >= 0.3 is 5.97 Å². The number of aliphatic hydroxyl groups excluding tert-OH is 1. The molecular formula is C11H16N2O4S. The summed E-state index contributed by atoms with van der Waals surface area (Å²) in [6.07, 6.45) is 1.31. The van der Waals surface area contributed by atoms with Crippen molar-refractivity contribution in [2.45, 2.75) is 19.1 Å². The summed E-state index contributed by atoms with van der Waals surface area (Å²) < 4.78 is 10.1. The first kappa shape index (κ1) is 13.3. The van der Waals surface area contributed by atoms with Crippen LogP contribution in [0.15, 0.2) is 6.20 Å². The van der Waals surface area contributed by atoms with Crippen molar-refractivity contribution in [2.75, 3.05) is 31.8 Å². The number of aliphatic hydroxyl groups is 1. The molecule has 6 nitrogen and oxygen atoms in total. The molecule has 2 atom stereocenters. The lowest BCUT2D eigenvalue weighted by Gasteiger charge is -2.37. The van der Waals surface area contributed by atoms with Gasteiger partial charge in [0.25, 0.3) is 0 Å². The summed E-state index contributed by atoms with van der Waals surface area (Å²) in [6, 6.07) is 0.171. The SMILES string of the molecule is COC(=O)c1cnc(N2CC(CO)OCC2C)s1. The van der Waals surface area contributed by atoms with Crippen LogP contribution in [0.2, 0.25) is 0 Å². The van der Waals surface area contributed by atoms with Crippen LogP contribution in [0.3, 0.4) is 0 Å². The first-order chi connectivity index (χ1) is 8.65. The Hall–Kier alpha value is -1.18. The fourth-order valence-electron chi connectivity index (χ4n) is 1.79. The number of esters is 1. The van der Waals surface area contributed by atoms with Gasteiger partial charge in [0.2, 0.25) is 0 Å². The highest BCUT2D eigenvalue weighted by Crippen LogP contribution is 2.27. The molecule has 0 spiro atoms. The molecule has 0 aromatic carbocycles. The standard InChI is InChI=1S/C11H16N2O4S/c1-7-6-17-8(5-14)4-13(7)11-12-3-9(18-11)10(15)16-2/h3,7-8,14H,4-6H2,1-2H3. The fraction of sp³-hybridized carbons (Fsp3) is 0.636. The number of thiazole rings is 1. The Labute approximate surface area is 109 Å². The molecule has 0 aliphatic carbocycles. The zero-order chi connectivity index (χ0) is 13.1. The van der Waals surface area contributed by atoms with E-state index in [2.05, 4.69) is 9.72 Å². The zero-order valence-corrected chi connectivity index (χ0v) is 11.1. The van der Waals surface area contributed by atoms with Crippen LogP contribution in [0.5, 0.6) is 0 Å². The van der Waals surface area contributed by atoms with Gasteiger partial charge in [-0.2, -0.15) is 0 Å². The zero-order valence-electron chi connectivity index (χ0n) is 10.3. The lowest BCUT2D eigenvalue weighted by molar-refractivity contribution is -0.0103. The summed E-state index contributed by atoms with van der Waals surface area (Å²) in [7, 11) is 1.35. The number of rotatable bonds is 3. The van der Waals surface area contributed by atoms with Crippen molar-refractivity contribution in [1.82, 2.24) is 4.98 Å². The second kappa shape index (κ2) is 5.64. The van der Waals surface area contributed by atoms with Crippen LogP contribution in [0.1, 0.15) is 16.6 Å². The van der Waals surface area contributed by atoms with Crippen LogP contribution >= 0.6 is 11.3 Å². The van der Waals surface area contributed by atoms with E-state index in [1.165, 1.54) is 24.6 Å². The van der Waals surface area contributed by atoms with Gasteiger partial charge in [0.1, 0.15) is 4.88 Å². The number of hydrogen-bond acceptors (Lipinski definition) is 7. The molecule has 1 N–H and O–H groups in total. The number of methoxy groups -OCH3 is 1. The van der Waals surface area contributed by atoms with Crippen LogP contribution in [0, 0.1) is 0 Å². The fourth-order valence-corrected chi connectivity index (χ4v) is 2.73. The van der Waals surface area contributed by atoms with E-state index in [9.17, 15) is 4.79 Å². The lowest BCUT2D eigenvalue weighted by Crippen LogP contribution is -2.49. The first-order valence-corrected chi connectivity index (χ1v) is 6.50. The molecule has 0 radical (unpaired) electrons. The third-order valence-electron chi connectivity index (χ3n) is 2.83. The number of carbonyl (C=O) groups is 1. The number of carbonyl (C=O) groups excluding carboxylic acids is 1. The van der Waals surface area contributed by atoms with Crippen LogP contribution < -0.4 is 4.90 Å². The third kappa shape index (κ3) is 2.63. The second-order valence-electron chi connectivity index (χ2n) is 4.14. The number of aromatic nitrogens is 1. The molecule has 0 bridgehead atoms. The highest BCUT2D eigenvalue weighted by Gasteiger charge is 2.28. The van der Waals surface area contributed by atoms with Gasteiger partial charge in [-0.15, -0.1) is 0 Å². The molecule has 18 heavy (non-hydrogen) atoms. The van der Waals surface area contributed by atoms with E-state index in [1.807, 2.05) is 11.8 Å². The number of anilines is 1. The Morgan fingerprint density at radius 3 is 3.22 bits per heavy atom. The predicted octanol–water partition coefficient (Wildman–Crippen LogP) is 0.516. The number of nitrogens with zero attached hydrogens (tertiary/aromatic N) is 2. The molecule has 2 heterocycles. The van der Waals surface area contributed by atoms with Gasteiger partial charge < -0.3 is 19.5 Å². The van der Waals surface area contributed by atoms with E-state index < -0.39 is 0 Å². The van der Waals surface area contributed by atoms with Crippen molar-refractivity contribution >= 4 is 22.4 Å². The topological polar surface area (TPSA) is 71.9 Å². The van der Waals surface area contributed by atoms with Crippen LogP contribution in [0.4, 0.5) is 5.13 Å². The Morgan fingerprint density at radius 2 is 2.56 bits per heavy atom. The highest BCUT2D eigenvalue weighted by atomic mass is 32.1. The summed E-state index contributed by atoms with van der Waals surface area (Å²) >= 11 is 1.29. The van der Waals surface area contributed by atoms with Crippen LogP contribution in [-0.4, -0.2) is 55.1 Å². The summed E-state index contributed by atoms with van der Waals surface area (Å²) in [5, 5.41) is 9.88. The molecule has 7 heteroatoms. The van der Waals surface area contributed by atoms with E-state index in [0.717, 1.165) is 5.13 Å². The summed E-state index contributed by atoms with van der Waals surface area (Å²) in [4.78, 5) is 18.1. The maximum atomic E-state index is 11.4. The molecule has 1 aliphatic heterocycles. The Kier molecular flexibility index (Phi) is 4.15. The van der Waals surface area contributed by atoms with Crippen molar-refractivity contribution < 1.29 is 19.4 Å². The number of hydrogen-bond donors (Lipinski definition) is 1. The van der Waals surface area contributed by atoms with Crippen molar-refractivity contribution in [2.24, 2.45) is 0 Å².